The number of azide groups is 1. The van der Waals surface area contributed by atoms with Gasteiger partial charge in [0, 0.05) is 5.22 Å². The lowest BCUT2D eigenvalue weighted by Gasteiger charge is -1.98. The molecule has 9 heteroatoms. The lowest BCUT2D eigenvalue weighted by molar-refractivity contribution is -0.0476. The summed E-state index contributed by atoms with van der Waals surface area (Å²) >= 11 is 10.2. The van der Waals surface area contributed by atoms with E-state index >= 15 is 0 Å². The highest BCUT2D eigenvalue weighted by Gasteiger charge is 2.13. The maximum absolute atomic E-state index is 9.66. The second kappa shape index (κ2) is 4.75. The first-order valence-electron chi connectivity index (χ1n) is 2.06. The van der Waals surface area contributed by atoms with Gasteiger partial charge in [-0.2, -0.15) is 10.1 Å². The summed E-state index contributed by atoms with van der Waals surface area (Å²) < 4.78 is 0. The van der Waals surface area contributed by atoms with Crippen molar-refractivity contribution >= 4 is 23.2 Å². The van der Waals surface area contributed by atoms with Crippen molar-refractivity contribution < 1.29 is 5.21 Å². The molecule has 0 fully saturated rings. The predicted octanol–water partition coefficient (Wildman–Crippen LogP) is 2.27. The minimum Gasteiger partial charge on any atom is -0.200 e. The zero-order valence-electron chi connectivity index (χ0n) is 4.85. The van der Waals surface area contributed by atoms with Crippen LogP contribution < -0.4 is 0 Å². The molecule has 0 aliphatic carbocycles. The van der Waals surface area contributed by atoms with Crippen LogP contribution in [0, 0.1) is 4.91 Å². The molecule has 0 aromatic rings. The van der Waals surface area contributed by atoms with Crippen molar-refractivity contribution in [2.45, 2.75) is 0 Å². The Bertz CT molecular complexity index is 233. The minimum absolute atomic E-state index is 0.120. The molecule has 0 spiro atoms. The normalized spacial score (nSPS) is 11.2. The highest BCUT2D eigenvalue weighted by Crippen LogP contribution is 2.17. The molecular formula is C2HCl2N5O2. The van der Waals surface area contributed by atoms with Crippen LogP contribution in [0.2, 0.25) is 0 Å². The Morgan fingerprint density at radius 2 is 2.18 bits per heavy atom. The van der Waals surface area contributed by atoms with Crippen molar-refractivity contribution in [1.82, 2.24) is 5.17 Å². The number of hydrogen-bond donors (Lipinski definition) is 1. The average Bonchev–Trinajstić information content (AvgIpc) is 2.02. The summed E-state index contributed by atoms with van der Waals surface area (Å²) in [5.74, 6) is 0. The SMILES string of the molecule is [N-]=[N+]=NN(O)/C(Cl)=C(\Cl)N=O. The van der Waals surface area contributed by atoms with E-state index in [4.69, 9.17) is 33.9 Å². The highest BCUT2D eigenvalue weighted by molar-refractivity contribution is 6.38. The Balaban J connectivity index is 4.58. The molecule has 0 amide bonds. The number of nitroso groups, excluding NO2 is 1. The Morgan fingerprint density at radius 1 is 1.64 bits per heavy atom. The monoisotopic (exact) mass is 197 g/mol. The van der Waals surface area contributed by atoms with E-state index in [1.54, 1.807) is 0 Å². The molecule has 0 aromatic heterocycles. The van der Waals surface area contributed by atoms with Crippen LogP contribution in [0.3, 0.4) is 0 Å². The van der Waals surface area contributed by atoms with Gasteiger partial charge in [0.25, 0.3) is 5.16 Å². The molecule has 0 saturated carbocycles. The summed E-state index contributed by atoms with van der Waals surface area (Å²) in [6, 6.07) is 0. The van der Waals surface area contributed by atoms with Crippen LogP contribution in [-0.4, -0.2) is 10.4 Å². The van der Waals surface area contributed by atoms with Gasteiger partial charge >= 0.3 is 0 Å². The molecular weight excluding hydrogens is 197 g/mol. The van der Waals surface area contributed by atoms with Crippen LogP contribution in [0.5, 0.6) is 0 Å². The highest BCUT2D eigenvalue weighted by atomic mass is 35.5. The zero-order valence-corrected chi connectivity index (χ0v) is 6.36. The van der Waals surface area contributed by atoms with Gasteiger partial charge in [-0.1, -0.05) is 16.8 Å². The van der Waals surface area contributed by atoms with Crippen LogP contribution in [0.1, 0.15) is 0 Å². The average molecular weight is 198 g/mol. The number of hydrogen-bond acceptors (Lipinski definition) is 4. The largest absolute Gasteiger partial charge is 0.273 e. The first-order chi connectivity index (χ1) is 5.13. The fraction of sp³-hybridized carbons (Fsp3) is 0. The Kier molecular flexibility index (Phi) is 4.32. The first-order valence-corrected chi connectivity index (χ1v) is 2.81. The quantitative estimate of drug-likeness (QED) is 0.188. The second-order valence-corrected chi connectivity index (χ2v) is 1.86. The lowest BCUT2D eigenvalue weighted by Crippen LogP contribution is -2.06. The molecule has 0 atom stereocenters. The smallest absolute Gasteiger partial charge is 0.200 e. The molecule has 1 N–H and O–H groups in total. The van der Waals surface area contributed by atoms with Gasteiger partial charge in [0.2, 0.25) is 5.16 Å². The third-order valence-electron chi connectivity index (χ3n) is 0.551. The van der Waals surface area contributed by atoms with Gasteiger partial charge in [0.05, 0.1) is 0 Å². The molecule has 0 unspecified atom stereocenters. The number of rotatable bonds is 3. The van der Waals surface area contributed by atoms with Crippen LogP contribution in [0.4, 0.5) is 0 Å². The zero-order chi connectivity index (χ0) is 8.85. The summed E-state index contributed by atoms with van der Waals surface area (Å²) in [4.78, 5) is 11.8. The van der Waals surface area contributed by atoms with Gasteiger partial charge < -0.3 is 0 Å². The predicted molar refractivity (Wildman–Crippen MR) is 37.3 cm³/mol. The third-order valence-corrected chi connectivity index (χ3v) is 1.23. The van der Waals surface area contributed by atoms with Gasteiger partial charge in [-0.25, -0.2) is 0 Å². The fourth-order valence-corrected chi connectivity index (χ4v) is 0.341. The third kappa shape index (κ3) is 3.06. The second-order valence-electron chi connectivity index (χ2n) is 1.14. The number of halogens is 2. The molecule has 7 nitrogen and oxygen atoms in total. The Hall–Kier alpha value is -1.01. The number of nitrogens with zero attached hydrogens (tertiary/aromatic N) is 5. The van der Waals surface area contributed by atoms with E-state index < -0.39 is 10.3 Å². The maximum atomic E-state index is 9.66. The molecule has 0 aliphatic heterocycles. The summed E-state index contributed by atoms with van der Waals surface area (Å²) in [5, 5.41) is 11.8. The van der Waals surface area contributed by atoms with E-state index in [1.165, 1.54) is 0 Å². The summed E-state index contributed by atoms with van der Waals surface area (Å²) in [6.07, 6.45) is 0. The number of hydroxylamine groups is 1. The molecule has 0 aromatic carbocycles. The van der Waals surface area contributed by atoms with Gasteiger partial charge in [-0.05, 0) is 16.8 Å². The minimum atomic E-state index is -0.707. The summed E-state index contributed by atoms with van der Waals surface area (Å²) in [7, 11) is 0. The maximum Gasteiger partial charge on any atom is 0.273 e. The molecule has 0 aliphatic rings. The van der Waals surface area contributed by atoms with Crippen molar-refractivity contribution in [3.63, 3.8) is 0 Å². The van der Waals surface area contributed by atoms with E-state index in [9.17, 15) is 4.91 Å². The van der Waals surface area contributed by atoms with E-state index in [2.05, 4.69) is 15.3 Å². The van der Waals surface area contributed by atoms with Crippen molar-refractivity contribution in [2.75, 3.05) is 0 Å². The van der Waals surface area contributed by atoms with Gasteiger partial charge in [-0.15, -0.1) is 10.4 Å². The van der Waals surface area contributed by atoms with Gasteiger partial charge in [-0.3, -0.25) is 0 Å². The summed E-state index contributed by atoms with van der Waals surface area (Å²) in [5.41, 5.74) is 7.76. The van der Waals surface area contributed by atoms with Crippen LogP contribution in [0.25, 0.3) is 10.4 Å². The topological polar surface area (TPSA) is 102 Å². The van der Waals surface area contributed by atoms with Crippen LogP contribution in [-0.2, 0) is 0 Å². The van der Waals surface area contributed by atoms with Crippen LogP contribution >= 0.6 is 23.2 Å². The molecule has 0 rings (SSSR count). The molecule has 0 heterocycles. The van der Waals surface area contributed by atoms with Gasteiger partial charge in [0.15, 0.2) is 0 Å². The van der Waals surface area contributed by atoms with Gasteiger partial charge in [0.1, 0.15) is 0 Å². The van der Waals surface area contributed by atoms with Crippen LogP contribution in [0.15, 0.2) is 20.7 Å². The Morgan fingerprint density at radius 3 is 2.55 bits per heavy atom. The summed E-state index contributed by atoms with van der Waals surface area (Å²) in [6.45, 7) is 0. The van der Waals surface area contributed by atoms with Crippen molar-refractivity contribution in [3.05, 3.63) is 25.7 Å². The lowest BCUT2D eigenvalue weighted by atomic mass is 10.9. The molecule has 60 valence electrons. The molecule has 0 radical (unpaired) electrons. The molecule has 0 saturated heterocycles. The van der Waals surface area contributed by atoms with Crippen molar-refractivity contribution in [1.29, 1.82) is 0 Å². The van der Waals surface area contributed by atoms with E-state index in [-0.39, 0.29) is 5.17 Å². The molecule has 11 heavy (non-hydrogen) atoms. The fourth-order valence-electron chi connectivity index (χ4n) is 0.197. The standard InChI is InChI=1S/C2HCl2N5O2/c3-1(6-10)2(4)9(11)8-7-5/h11H/b2-1+. The van der Waals surface area contributed by atoms with E-state index in [1.807, 2.05) is 0 Å². The van der Waals surface area contributed by atoms with Crippen molar-refractivity contribution in [3.8, 4) is 0 Å². The van der Waals surface area contributed by atoms with Crippen molar-refractivity contribution in [2.24, 2.45) is 10.4 Å². The van der Waals surface area contributed by atoms with E-state index in [0.29, 0.717) is 0 Å². The Labute approximate surface area is 70.3 Å². The first kappa shape index (κ1) is 9.99. The van der Waals surface area contributed by atoms with E-state index in [0.717, 1.165) is 0 Å². The molecule has 0 bridgehead atoms.